The minimum Gasteiger partial charge on any atom is -0.451 e. The van der Waals surface area contributed by atoms with Gasteiger partial charge in [-0.15, -0.1) is 0 Å². The number of ether oxygens (including phenoxy) is 1. The second kappa shape index (κ2) is 9.55. The molecule has 1 aliphatic rings. The Hall–Kier alpha value is -2.60. The number of rotatable bonds is 7. The van der Waals surface area contributed by atoms with Crippen molar-refractivity contribution in [1.82, 2.24) is 0 Å². The Kier molecular flexibility index (Phi) is 6.87. The fourth-order valence-electron chi connectivity index (χ4n) is 4.22. The normalized spacial score (nSPS) is 21.6. The first-order valence-electron chi connectivity index (χ1n) is 10.5. The largest absolute Gasteiger partial charge is 0.451 e. The molecule has 0 spiro atoms. The van der Waals surface area contributed by atoms with Crippen molar-refractivity contribution in [3.05, 3.63) is 71.3 Å². The Bertz CT molecular complexity index is 797. The van der Waals surface area contributed by atoms with Gasteiger partial charge >= 0.3 is 5.97 Å². The maximum atomic E-state index is 12.8. The molecular weight excluding hydrogens is 346 g/mol. The molecule has 0 heterocycles. The lowest BCUT2D eigenvalue weighted by Crippen LogP contribution is -2.37. The van der Waals surface area contributed by atoms with Crippen molar-refractivity contribution in [2.75, 3.05) is 0 Å². The van der Waals surface area contributed by atoms with E-state index in [-0.39, 0.29) is 5.97 Å². The quantitative estimate of drug-likeness (QED) is 0.417. The summed E-state index contributed by atoms with van der Waals surface area (Å²) in [4.78, 5) is 12.8. The van der Waals surface area contributed by atoms with Gasteiger partial charge in [0.15, 0.2) is 0 Å². The van der Waals surface area contributed by atoms with Crippen molar-refractivity contribution in [2.45, 2.75) is 63.9 Å². The molecule has 0 N–H and O–H groups in total. The van der Waals surface area contributed by atoms with Crippen molar-refractivity contribution >= 4 is 5.97 Å². The van der Waals surface area contributed by atoms with Gasteiger partial charge in [0.1, 0.15) is 5.60 Å². The molecule has 2 aromatic carbocycles. The summed E-state index contributed by atoms with van der Waals surface area (Å²) in [5, 5.41) is 9.10. The first-order valence-corrected chi connectivity index (χ1v) is 10.5. The van der Waals surface area contributed by atoms with E-state index in [2.05, 4.69) is 13.0 Å². The van der Waals surface area contributed by atoms with Crippen molar-refractivity contribution in [3.8, 4) is 6.07 Å². The van der Waals surface area contributed by atoms with Gasteiger partial charge in [-0.3, -0.25) is 0 Å². The van der Waals surface area contributed by atoms with E-state index in [9.17, 15) is 4.79 Å². The van der Waals surface area contributed by atoms with E-state index >= 15 is 0 Å². The third-order valence-electron chi connectivity index (χ3n) is 5.97. The van der Waals surface area contributed by atoms with Crippen LogP contribution in [0, 0.1) is 17.2 Å². The van der Waals surface area contributed by atoms with Crippen molar-refractivity contribution in [1.29, 1.82) is 5.26 Å². The van der Waals surface area contributed by atoms with Crippen LogP contribution in [0.3, 0.4) is 0 Å². The van der Waals surface area contributed by atoms with Crippen LogP contribution >= 0.6 is 0 Å². The molecule has 0 aromatic heterocycles. The summed E-state index contributed by atoms with van der Waals surface area (Å²) in [5.74, 6) is 0.447. The van der Waals surface area contributed by atoms with Crippen LogP contribution in [0.5, 0.6) is 0 Å². The maximum absolute atomic E-state index is 12.8. The number of hydrogen-bond donors (Lipinski definition) is 0. The van der Waals surface area contributed by atoms with Crippen LogP contribution in [0.4, 0.5) is 0 Å². The summed E-state index contributed by atoms with van der Waals surface area (Å²) in [6, 6.07) is 18.9. The van der Waals surface area contributed by atoms with E-state index in [4.69, 9.17) is 10.00 Å². The van der Waals surface area contributed by atoms with Gasteiger partial charge in [-0.1, -0.05) is 62.9 Å². The highest BCUT2D eigenvalue weighted by Gasteiger charge is 2.40. The van der Waals surface area contributed by atoms with Gasteiger partial charge in [0, 0.05) is 0 Å². The Balaban J connectivity index is 1.79. The van der Waals surface area contributed by atoms with Crippen LogP contribution < -0.4 is 0 Å². The molecule has 28 heavy (non-hydrogen) atoms. The molecule has 3 heteroatoms. The average molecular weight is 376 g/mol. The lowest BCUT2D eigenvalue weighted by atomic mass is 9.73. The third kappa shape index (κ3) is 4.81. The standard InChI is InChI=1S/C25H29NO2/c1-2-3-5-8-20-15-17-25(18-16-20,23-13-11-21(19-26)12-14-23)28-24(27)22-9-6-4-7-10-22/h4,6-7,9-14,20H,2-3,5,8,15-18H2,1H3. The van der Waals surface area contributed by atoms with E-state index in [0.717, 1.165) is 31.2 Å². The van der Waals surface area contributed by atoms with E-state index < -0.39 is 5.60 Å². The molecule has 1 aliphatic carbocycles. The van der Waals surface area contributed by atoms with Crippen LogP contribution in [-0.4, -0.2) is 5.97 Å². The van der Waals surface area contributed by atoms with Crippen LogP contribution in [0.25, 0.3) is 0 Å². The summed E-state index contributed by atoms with van der Waals surface area (Å²) < 4.78 is 6.18. The number of nitrogens with zero attached hydrogens (tertiary/aromatic N) is 1. The second-order valence-corrected chi connectivity index (χ2v) is 7.88. The molecule has 2 aromatic rings. The Labute approximate surface area is 168 Å². The zero-order valence-corrected chi connectivity index (χ0v) is 16.7. The van der Waals surface area contributed by atoms with Crippen LogP contribution in [0.15, 0.2) is 54.6 Å². The molecule has 0 unspecified atom stereocenters. The zero-order valence-electron chi connectivity index (χ0n) is 16.7. The summed E-state index contributed by atoms with van der Waals surface area (Å²) in [6.45, 7) is 2.24. The molecule has 0 radical (unpaired) electrons. The molecule has 0 atom stereocenters. The number of hydrogen-bond acceptors (Lipinski definition) is 3. The van der Waals surface area contributed by atoms with Gasteiger partial charge in [0.2, 0.25) is 0 Å². The molecule has 0 amide bonds. The fourth-order valence-corrected chi connectivity index (χ4v) is 4.22. The Morgan fingerprint density at radius 1 is 1.07 bits per heavy atom. The number of carbonyl (C=O) groups is 1. The highest BCUT2D eigenvalue weighted by atomic mass is 16.6. The van der Waals surface area contributed by atoms with Crippen LogP contribution in [0.2, 0.25) is 0 Å². The number of carbonyl (C=O) groups excluding carboxylic acids is 1. The summed E-state index contributed by atoms with van der Waals surface area (Å²) >= 11 is 0. The molecule has 146 valence electrons. The minimum atomic E-state index is -0.595. The smallest absolute Gasteiger partial charge is 0.339 e. The van der Waals surface area contributed by atoms with E-state index in [1.807, 2.05) is 42.5 Å². The number of nitriles is 1. The predicted molar refractivity (Wildman–Crippen MR) is 111 cm³/mol. The van der Waals surface area contributed by atoms with Crippen molar-refractivity contribution < 1.29 is 9.53 Å². The summed E-state index contributed by atoms with van der Waals surface area (Å²) in [5.41, 5.74) is 1.62. The molecule has 1 saturated carbocycles. The molecule has 1 fully saturated rings. The lowest BCUT2D eigenvalue weighted by molar-refractivity contribution is -0.0498. The van der Waals surface area contributed by atoms with Gasteiger partial charge < -0.3 is 4.74 Å². The van der Waals surface area contributed by atoms with E-state index in [1.165, 1.54) is 25.7 Å². The predicted octanol–water partition coefficient (Wildman–Crippen LogP) is 6.38. The molecule has 0 aliphatic heterocycles. The highest BCUT2D eigenvalue weighted by molar-refractivity contribution is 5.89. The average Bonchev–Trinajstić information content (AvgIpc) is 2.76. The van der Waals surface area contributed by atoms with E-state index in [0.29, 0.717) is 17.0 Å². The molecule has 3 nitrogen and oxygen atoms in total. The van der Waals surface area contributed by atoms with Gasteiger partial charge in [-0.25, -0.2) is 4.79 Å². The summed E-state index contributed by atoms with van der Waals surface area (Å²) in [7, 11) is 0. The number of benzene rings is 2. The van der Waals surface area contributed by atoms with Gasteiger partial charge in [0.05, 0.1) is 17.2 Å². The summed E-state index contributed by atoms with van der Waals surface area (Å²) in [6.07, 6.45) is 8.93. The third-order valence-corrected chi connectivity index (χ3v) is 5.97. The van der Waals surface area contributed by atoms with Gasteiger partial charge in [-0.05, 0) is 61.4 Å². The van der Waals surface area contributed by atoms with Gasteiger partial charge in [0.25, 0.3) is 0 Å². The molecular formula is C25H29NO2. The zero-order chi connectivity index (χ0) is 19.8. The van der Waals surface area contributed by atoms with Crippen molar-refractivity contribution in [2.24, 2.45) is 5.92 Å². The van der Waals surface area contributed by atoms with E-state index in [1.54, 1.807) is 12.1 Å². The SMILES string of the molecule is CCCCCC1CCC(OC(=O)c2ccccc2)(c2ccc(C#N)cc2)CC1. The lowest BCUT2D eigenvalue weighted by Gasteiger charge is -2.40. The van der Waals surface area contributed by atoms with Crippen LogP contribution in [-0.2, 0) is 10.3 Å². The molecule has 0 saturated heterocycles. The maximum Gasteiger partial charge on any atom is 0.339 e. The number of unbranched alkanes of at least 4 members (excludes halogenated alkanes) is 2. The highest BCUT2D eigenvalue weighted by Crippen LogP contribution is 2.44. The molecule has 3 rings (SSSR count). The van der Waals surface area contributed by atoms with Crippen LogP contribution in [0.1, 0.15) is 79.8 Å². The topological polar surface area (TPSA) is 50.1 Å². The first-order chi connectivity index (χ1) is 13.7. The number of esters is 1. The molecule has 0 bridgehead atoms. The van der Waals surface area contributed by atoms with Gasteiger partial charge in [-0.2, -0.15) is 5.26 Å². The Morgan fingerprint density at radius 2 is 1.75 bits per heavy atom. The Morgan fingerprint density at radius 3 is 2.36 bits per heavy atom. The minimum absolute atomic E-state index is 0.269. The monoisotopic (exact) mass is 375 g/mol. The van der Waals surface area contributed by atoms with Crippen molar-refractivity contribution in [3.63, 3.8) is 0 Å². The first kappa shape index (κ1) is 20.1. The second-order valence-electron chi connectivity index (χ2n) is 7.88. The fraction of sp³-hybridized carbons (Fsp3) is 0.440.